The van der Waals surface area contributed by atoms with Gasteiger partial charge in [-0.25, -0.2) is 4.98 Å². The summed E-state index contributed by atoms with van der Waals surface area (Å²) in [4.78, 5) is 35.5. The molecule has 2 aromatic heterocycles. The van der Waals surface area contributed by atoms with Crippen molar-refractivity contribution >= 4 is 22.9 Å². The lowest BCUT2D eigenvalue weighted by atomic mass is 10.0. The highest BCUT2D eigenvalue weighted by atomic mass is 16.5. The Morgan fingerprint density at radius 1 is 0.889 bits per heavy atom. The Morgan fingerprint density at radius 3 is 2.36 bits per heavy atom. The van der Waals surface area contributed by atoms with Gasteiger partial charge in [0.05, 0.1) is 10.9 Å². The largest absolute Gasteiger partial charge is 0.337 e. The maximum Gasteiger partial charge on any atom is 0.259 e. The maximum atomic E-state index is 14.0. The number of carbonyl (C=O) groups is 2. The topological polar surface area (TPSA) is 79.5 Å². The zero-order chi connectivity index (χ0) is 24.6. The van der Waals surface area contributed by atoms with Crippen LogP contribution in [0.3, 0.4) is 0 Å². The molecule has 6 rings (SSSR count). The van der Waals surface area contributed by atoms with Gasteiger partial charge in [-0.3, -0.25) is 9.59 Å². The molecule has 1 saturated carbocycles. The zero-order valence-corrected chi connectivity index (χ0v) is 20.3. The Kier molecular flexibility index (Phi) is 5.76. The molecule has 4 aromatic rings. The molecule has 1 aliphatic carbocycles. The van der Waals surface area contributed by atoms with Crippen LogP contribution in [0.1, 0.15) is 57.2 Å². The van der Waals surface area contributed by atoms with Crippen molar-refractivity contribution in [2.24, 2.45) is 0 Å². The van der Waals surface area contributed by atoms with Gasteiger partial charge in [0.1, 0.15) is 5.69 Å². The molecule has 7 heteroatoms. The van der Waals surface area contributed by atoms with E-state index in [1.54, 1.807) is 0 Å². The molecule has 0 spiro atoms. The van der Waals surface area contributed by atoms with Gasteiger partial charge >= 0.3 is 0 Å². The molecule has 0 unspecified atom stereocenters. The van der Waals surface area contributed by atoms with Crippen LogP contribution in [0.2, 0.25) is 0 Å². The minimum Gasteiger partial charge on any atom is -0.337 e. The first-order chi connectivity index (χ1) is 17.6. The maximum absolute atomic E-state index is 14.0. The van der Waals surface area contributed by atoms with E-state index in [9.17, 15) is 9.59 Å². The lowest BCUT2D eigenvalue weighted by molar-refractivity contribution is 0.0719. The third kappa shape index (κ3) is 4.26. The van der Waals surface area contributed by atoms with E-state index >= 15 is 0 Å². The average Bonchev–Trinajstić information content (AvgIpc) is 3.71. The number of amides is 2. The molecule has 1 aliphatic heterocycles. The summed E-state index contributed by atoms with van der Waals surface area (Å²) in [6.45, 7) is 4.17. The molecule has 0 bridgehead atoms. The Morgan fingerprint density at radius 2 is 1.64 bits per heavy atom. The molecule has 2 amide bonds. The number of aryl methyl sites for hydroxylation is 1. The van der Waals surface area contributed by atoms with Crippen molar-refractivity contribution < 1.29 is 14.1 Å². The first kappa shape index (κ1) is 22.5. The predicted octanol–water partition coefficient (Wildman–Crippen LogP) is 5.06. The van der Waals surface area contributed by atoms with Gasteiger partial charge in [-0.1, -0.05) is 53.2 Å². The molecule has 36 heavy (non-hydrogen) atoms. The summed E-state index contributed by atoms with van der Waals surface area (Å²) in [5.41, 5.74) is 5.16. The monoisotopic (exact) mass is 480 g/mol. The smallest absolute Gasteiger partial charge is 0.259 e. The van der Waals surface area contributed by atoms with E-state index in [2.05, 4.69) is 5.16 Å². The molecule has 0 atom stereocenters. The number of carbonyl (C=O) groups excluding carboxylic acids is 2. The van der Waals surface area contributed by atoms with Gasteiger partial charge in [0, 0.05) is 48.9 Å². The van der Waals surface area contributed by atoms with Crippen LogP contribution in [0.5, 0.6) is 0 Å². The summed E-state index contributed by atoms with van der Waals surface area (Å²) >= 11 is 0. The lowest BCUT2D eigenvalue weighted by Gasteiger charge is -2.23. The molecule has 2 aliphatic rings. The van der Waals surface area contributed by atoms with Crippen LogP contribution in [0.25, 0.3) is 22.4 Å². The molecule has 7 nitrogen and oxygen atoms in total. The molecular formula is C29H28N4O3. The van der Waals surface area contributed by atoms with Gasteiger partial charge in [-0.15, -0.1) is 0 Å². The Bertz CT molecular complexity index is 1440. The van der Waals surface area contributed by atoms with E-state index in [1.165, 1.54) is 0 Å². The molecule has 182 valence electrons. The molecule has 3 heterocycles. The summed E-state index contributed by atoms with van der Waals surface area (Å²) in [6, 6.07) is 19.4. The minimum atomic E-state index is -0.0606. The number of hydrogen-bond donors (Lipinski definition) is 0. The van der Waals surface area contributed by atoms with Gasteiger partial charge in [-0.2, -0.15) is 0 Å². The van der Waals surface area contributed by atoms with Crippen LogP contribution in [0.15, 0.2) is 65.2 Å². The van der Waals surface area contributed by atoms with Crippen LogP contribution in [0, 0.1) is 6.92 Å². The molecule has 1 saturated heterocycles. The highest BCUT2D eigenvalue weighted by molar-refractivity contribution is 6.09. The summed E-state index contributed by atoms with van der Waals surface area (Å²) < 4.78 is 5.65. The van der Waals surface area contributed by atoms with Crippen molar-refractivity contribution in [3.63, 3.8) is 0 Å². The number of nitrogens with zero attached hydrogens (tertiary/aromatic N) is 4. The highest BCUT2D eigenvalue weighted by Crippen LogP contribution is 2.41. The lowest BCUT2D eigenvalue weighted by Crippen LogP contribution is -2.37. The summed E-state index contributed by atoms with van der Waals surface area (Å²) in [7, 11) is 0. The van der Waals surface area contributed by atoms with Gasteiger partial charge in [-0.05, 0) is 44.4 Å². The van der Waals surface area contributed by atoms with Crippen molar-refractivity contribution in [3.8, 4) is 11.3 Å². The predicted molar refractivity (Wildman–Crippen MR) is 137 cm³/mol. The quantitative estimate of drug-likeness (QED) is 0.408. The fourth-order valence-electron chi connectivity index (χ4n) is 4.97. The minimum absolute atomic E-state index is 0.0146. The number of hydrogen-bond acceptors (Lipinski definition) is 5. The zero-order valence-electron chi connectivity index (χ0n) is 20.3. The number of pyridine rings is 1. The van der Waals surface area contributed by atoms with Crippen molar-refractivity contribution in [2.45, 2.75) is 32.1 Å². The van der Waals surface area contributed by atoms with E-state index in [4.69, 9.17) is 9.51 Å². The summed E-state index contributed by atoms with van der Waals surface area (Å²) in [6.07, 6.45) is 2.87. The van der Waals surface area contributed by atoms with Crippen molar-refractivity contribution in [1.82, 2.24) is 19.9 Å². The molecule has 2 aromatic carbocycles. The van der Waals surface area contributed by atoms with Crippen LogP contribution < -0.4 is 0 Å². The first-order valence-electron chi connectivity index (χ1n) is 12.6. The van der Waals surface area contributed by atoms with Gasteiger partial charge in [0.2, 0.25) is 0 Å². The normalized spacial score (nSPS) is 16.2. The summed E-state index contributed by atoms with van der Waals surface area (Å²) in [5, 5.41) is 4.97. The van der Waals surface area contributed by atoms with Crippen LogP contribution in [-0.2, 0) is 0 Å². The first-order valence-corrected chi connectivity index (χ1v) is 12.6. The van der Waals surface area contributed by atoms with E-state index < -0.39 is 0 Å². The fourth-order valence-corrected chi connectivity index (χ4v) is 4.97. The van der Waals surface area contributed by atoms with Gasteiger partial charge in [0.15, 0.2) is 0 Å². The SMILES string of the molecule is Cc1cccc(C(=O)N2CCCN(C(=O)c3cc(C4CC4)nc4onc(-c5ccccc5)c34)CC2)c1. The molecule has 2 fully saturated rings. The molecule has 0 N–H and O–H groups in total. The fraction of sp³-hybridized carbons (Fsp3) is 0.310. The van der Waals surface area contributed by atoms with Crippen LogP contribution in [0.4, 0.5) is 0 Å². The van der Waals surface area contributed by atoms with Crippen LogP contribution >= 0.6 is 0 Å². The third-order valence-electron chi connectivity index (χ3n) is 7.07. The number of benzene rings is 2. The third-order valence-corrected chi connectivity index (χ3v) is 7.07. The Balaban J connectivity index is 1.31. The van der Waals surface area contributed by atoms with Crippen molar-refractivity contribution in [1.29, 1.82) is 0 Å². The van der Waals surface area contributed by atoms with Crippen molar-refractivity contribution in [2.75, 3.05) is 26.2 Å². The van der Waals surface area contributed by atoms with E-state index in [0.717, 1.165) is 36.1 Å². The molecule has 0 radical (unpaired) electrons. The second-order valence-electron chi connectivity index (χ2n) is 9.75. The number of rotatable bonds is 4. The van der Waals surface area contributed by atoms with E-state index in [-0.39, 0.29) is 11.8 Å². The van der Waals surface area contributed by atoms with Crippen LogP contribution in [-0.4, -0.2) is 57.9 Å². The van der Waals surface area contributed by atoms with Crippen molar-refractivity contribution in [3.05, 3.63) is 83.0 Å². The van der Waals surface area contributed by atoms with Gasteiger partial charge in [0.25, 0.3) is 17.5 Å². The Labute approximate surface area is 209 Å². The van der Waals surface area contributed by atoms with Gasteiger partial charge < -0.3 is 14.3 Å². The second-order valence-corrected chi connectivity index (χ2v) is 9.75. The summed E-state index contributed by atoms with van der Waals surface area (Å²) in [5.74, 6) is 0.327. The number of aromatic nitrogens is 2. The van der Waals surface area contributed by atoms with E-state index in [0.29, 0.717) is 60.0 Å². The molecular weight excluding hydrogens is 452 g/mol. The van der Waals surface area contributed by atoms with E-state index in [1.807, 2.05) is 77.4 Å². The average molecular weight is 481 g/mol. The number of fused-ring (bicyclic) bond motifs is 1. The standard InChI is InChI=1S/C29H28N4O3/c1-19-7-5-10-22(17-19)28(34)32-13-6-14-33(16-15-32)29(35)23-18-24(20-11-12-20)30-27-25(23)26(31-36-27)21-8-3-2-4-9-21/h2-5,7-10,17-18,20H,6,11-16H2,1H3. The second kappa shape index (κ2) is 9.22. The highest BCUT2D eigenvalue weighted by Gasteiger charge is 2.31. The Hall–Kier alpha value is -4.00.